The highest BCUT2D eigenvalue weighted by molar-refractivity contribution is 6.02. The zero-order valence-corrected chi connectivity index (χ0v) is 17.8. The van der Waals surface area contributed by atoms with Gasteiger partial charge in [-0.2, -0.15) is 0 Å². The quantitative estimate of drug-likeness (QED) is 0.786. The molecule has 0 aromatic heterocycles. The topological polar surface area (TPSA) is 83.5 Å². The van der Waals surface area contributed by atoms with Crippen molar-refractivity contribution in [2.24, 2.45) is 4.99 Å². The third-order valence-corrected chi connectivity index (χ3v) is 6.03. The smallest absolute Gasteiger partial charge is 0.348 e. The molecule has 8 heteroatoms. The number of aryl methyl sites for hydroxylation is 1. The summed E-state index contributed by atoms with van der Waals surface area (Å²) in [6, 6.07) is 15.4. The van der Waals surface area contributed by atoms with Gasteiger partial charge in [0, 0.05) is 19.6 Å². The summed E-state index contributed by atoms with van der Waals surface area (Å²) in [7, 11) is 1.61. The van der Waals surface area contributed by atoms with E-state index in [9.17, 15) is 9.59 Å². The van der Waals surface area contributed by atoms with Crippen molar-refractivity contribution in [2.75, 3.05) is 20.2 Å². The van der Waals surface area contributed by atoms with E-state index >= 15 is 0 Å². The Morgan fingerprint density at radius 3 is 2.97 bits per heavy atom. The largest absolute Gasteiger partial charge is 0.497 e. The van der Waals surface area contributed by atoms with Gasteiger partial charge in [0.05, 0.1) is 13.2 Å². The Morgan fingerprint density at radius 1 is 1.22 bits per heavy atom. The van der Waals surface area contributed by atoms with Crippen molar-refractivity contribution in [1.29, 1.82) is 0 Å². The first-order chi connectivity index (χ1) is 15.6. The van der Waals surface area contributed by atoms with Crippen LogP contribution in [0.3, 0.4) is 0 Å². The summed E-state index contributed by atoms with van der Waals surface area (Å²) in [4.78, 5) is 33.1. The van der Waals surface area contributed by atoms with Crippen LogP contribution in [0.1, 0.15) is 29.2 Å². The predicted molar refractivity (Wildman–Crippen MR) is 118 cm³/mol. The number of nitrogens with one attached hydrogen (secondary N) is 1. The molecule has 0 spiro atoms. The maximum Gasteiger partial charge on any atom is 0.348 e. The highest BCUT2D eigenvalue weighted by Gasteiger charge is 2.35. The Morgan fingerprint density at radius 2 is 2.09 bits per heavy atom. The maximum atomic E-state index is 13.0. The van der Waals surface area contributed by atoms with Crippen LogP contribution in [0.25, 0.3) is 0 Å². The normalized spacial score (nSPS) is 19.4. The van der Waals surface area contributed by atoms with E-state index in [1.807, 2.05) is 36.4 Å². The van der Waals surface area contributed by atoms with Crippen molar-refractivity contribution in [3.8, 4) is 5.75 Å². The van der Waals surface area contributed by atoms with Crippen molar-refractivity contribution in [2.45, 2.75) is 25.4 Å². The molecule has 3 amide bonds. The minimum absolute atomic E-state index is 0.0289. The summed E-state index contributed by atoms with van der Waals surface area (Å²) >= 11 is 0. The second-order valence-corrected chi connectivity index (χ2v) is 7.99. The zero-order valence-electron chi connectivity index (χ0n) is 17.8. The Hall–Kier alpha value is -3.81. The van der Waals surface area contributed by atoms with Crippen LogP contribution in [0.4, 0.5) is 4.79 Å². The number of amidine groups is 1. The van der Waals surface area contributed by atoms with E-state index in [0.717, 1.165) is 29.7 Å². The van der Waals surface area contributed by atoms with Crippen LogP contribution in [0.15, 0.2) is 65.5 Å². The van der Waals surface area contributed by atoms with Gasteiger partial charge in [-0.05, 0) is 41.7 Å². The van der Waals surface area contributed by atoms with Crippen LogP contribution in [0, 0.1) is 0 Å². The molecule has 3 aliphatic rings. The van der Waals surface area contributed by atoms with Gasteiger partial charge in [0.25, 0.3) is 5.91 Å². The summed E-state index contributed by atoms with van der Waals surface area (Å²) in [6.45, 7) is 1.21. The van der Waals surface area contributed by atoms with Gasteiger partial charge in [0.15, 0.2) is 0 Å². The second-order valence-electron chi connectivity index (χ2n) is 7.99. The monoisotopic (exact) mass is 432 g/mol. The van der Waals surface area contributed by atoms with Gasteiger partial charge in [-0.1, -0.05) is 36.4 Å². The molecular weight excluding hydrogens is 408 g/mol. The Kier molecular flexibility index (Phi) is 5.26. The Bertz CT molecular complexity index is 1130. The molecule has 32 heavy (non-hydrogen) atoms. The van der Waals surface area contributed by atoms with Crippen LogP contribution in [0.2, 0.25) is 0 Å². The van der Waals surface area contributed by atoms with Gasteiger partial charge < -0.3 is 19.7 Å². The number of benzene rings is 2. The van der Waals surface area contributed by atoms with Crippen LogP contribution in [-0.4, -0.2) is 48.0 Å². The minimum atomic E-state index is -0.398. The number of methoxy groups -OCH3 is 1. The summed E-state index contributed by atoms with van der Waals surface area (Å²) in [5.74, 6) is 0.501. The molecule has 1 atom stereocenters. The fourth-order valence-corrected chi connectivity index (χ4v) is 4.36. The van der Waals surface area contributed by atoms with Gasteiger partial charge in [-0.3, -0.25) is 9.69 Å². The van der Waals surface area contributed by atoms with Gasteiger partial charge in [-0.15, -0.1) is 4.99 Å². The molecule has 1 N–H and O–H groups in total. The highest BCUT2D eigenvalue weighted by Crippen LogP contribution is 2.31. The van der Waals surface area contributed by atoms with Crippen molar-refractivity contribution in [3.05, 3.63) is 77.2 Å². The predicted octanol–water partition coefficient (Wildman–Crippen LogP) is 2.96. The molecule has 0 radical (unpaired) electrons. The summed E-state index contributed by atoms with van der Waals surface area (Å²) in [6.07, 6.45) is 3.19. The number of urea groups is 1. The molecule has 1 aliphatic carbocycles. The molecule has 0 saturated heterocycles. The number of fused-ring (bicyclic) bond motifs is 2. The van der Waals surface area contributed by atoms with Gasteiger partial charge >= 0.3 is 12.1 Å². The molecule has 2 aromatic rings. The molecule has 0 fully saturated rings. The number of rotatable bonds is 5. The van der Waals surface area contributed by atoms with Crippen molar-refractivity contribution in [1.82, 2.24) is 15.1 Å². The molecule has 5 rings (SSSR count). The van der Waals surface area contributed by atoms with E-state index in [-0.39, 0.29) is 18.0 Å². The number of aliphatic imine (C=N–C) groups is 1. The lowest BCUT2D eigenvalue weighted by Crippen LogP contribution is -2.39. The number of hydrogen-bond donors (Lipinski definition) is 1. The first-order valence-electron chi connectivity index (χ1n) is 10.7. The molecule has 8 nitrogen and oxygen atoms in total. The average molecular weight is 432 g/mol. The zero-order chi connectivity index (χ0) is 22.1. The lowest BCUT2D eigenvalue weighted by atomic mass is 10.1. The molecule has 2 aliphatic heterocycles. The number of amides is 3. The number of carbonyl (C=O) groups is 2. The van der Waals surface area contributed by atoms with E-state index in [4.69, 9.17) is 9.47 Å². The van der Waals surface area contributed by atoms with Crippen molar-refractivity contribution in [3.63, 3.8) is 0 Å². The number of hydrogen-bond acceptors (Lipinski definition) is 5. The van der Waals surface area contributed by atoms with Crippen LogP contribution in [-0.2, 0) is 22.5 Å². The van der Waals surface area contributed by atoms with E-state index < -0.39 is 6.03 Å². The maximum absolute atomic E-state index is 13.0. The molecule has 1 unspecified atom stereocenters. The van der Waals surface area contributed by atoms with E-state index in [1.54, 1.807) is 16.9 Å². The Balaban J connectivity index is 1.26. The number of nitrogens with zero attached hydrogens (tertiary/aromatic N) is 3. The van der Waals surface area contributed by atoms with E-state index in [2.05, 4.69) is 22.4 Å². The molecule has 0 saturated carbocycles. The summed E-state index contributed by atoms with van der Waals surface area (Å²) in [5.41, 5.74) is 3.73. The lowest BCUT2D eigenvalue weighted by molar-refractivity contribution is -0.119. The van der Waals surface area contributed by atoms with Crippen molar-refractivity contribution < 1.29 is 19.1 Å². The Labute approximate surface area is 186 Å². The average Bonchev–Trinajstić information content (AvgIpc) is 3.37. The lowest BCUT2D eigenvalue weighted by Gasteiger charge is -2.22. The third-order valence-electron chi connectivity index (χ3n) is 6.03. The summed E-state index contributed by atoms with van der Waals surface area (Å²) < 4.78 is 10.8. The highest BCUT2D eigenvalue weighted by atomic mass is 16.5. The van der Waals surface area contributed by atoms with Gasteiger partial charge in [0.2, 0.25) is 0 Å². The second kappa shape index (κ2) is 8.37. The molecule has 2 heterocycles. The molecule has 2 aromatic carbocycles. The fraction of sp³-hybridized carbons (Fsp3) is 0.292. The fourth-order valence-electron chi connectivity index (χ4n) is 4.36. The number of carbonyl (C=O) groups excluding carboxylic acids is 2. The van der Waals surface area contributed by atoms with E-state index in [0.29, 0.717) is 25.3 Å². The third kappa shape index (κ3) is 3.79. The molecule has 0 bridgehead atoms. The summed E-state index contributed by atoms with van der Waals surface area (Å²) in [5, 5.41) is 3.11. The van der Waals surface area contributed by atoms with Crippen LogP contribution in [0.5, 0.6) is 5.75 Å². The van der Waals surface area contributed by atoms with Gasteiger partial charge in [-0.25, -0.2) is 4.79 Å². The van der Waals surface area contributed by atoms with Crippen LogP contribution >= 0.6 is 0 Å². The standard InChI is InChI=1S/C24H24N4O4/c1-31-18-7-4-5-16(13-18)14-27-11-12-28-21(15-32-24(28)26-23(27)30)22(29)25-20-10-9-17-6-2-3-8-19(17)20/h2-8,13,15,20H,9-12,14H2,1H3,(H,25,29). The van der Waals surface area contributed by atoms with E-state index in [1.165, 1.54) is 11.8 Å². The first-order valence-corrected chi connectivity index (χ1v) is 10.7. The SMILES string of the molecule is COc1cccc(CN2CCN3C(C(=O)NC4CCc5ccccc54)=COC3=NC2=O)c1. The molecule has 164 valence electrons. The first kappa shape index (κ1) is 20.1. The molecular formula is C24H24N4O4. The number of ether oxygens (including phenoxy) is 2. The van der Waals surface area contributed by atoms with Crippen molar-refractivity contribution >= 4 is 18.0 Å². The minimum Gasteiger partial charge on any atom is -0.497 e. The van der Waals surface area contributed by atoms with Crippen LogP contribution < -0.4 is 10.1 Å². The van der Waals surface area contributed by atoms with Gasteiger partial charge in [0.1, 0.15) is 17.7 Å².